The van der Waals surface area contributed by atoms with E-state index >= 15 is 0 Å². The van der Waals surface area contributed by atoms with Gasteiger partial charge in [0.05, 0.1) is 33.0 Å². The van der Waals surface area contributed by atoms with Crippen LogP contribution in [-0.4, -0.2) is 68.0 Å². The lowest BCUT2D eigenvalue weighted by Gasteiger charge is -2.17. The number of methoxy groups -OCH3 is 3. The zero-order chi connectivity index (χ0) is 25.7. The number of carboxylic acid groups (broad SMARTS) is 1. The van der Waals surface area contributed by atoms with Gasteiger partial charge in [0.25, 0.3) is 5.91 Å². The molecule has 0 aromatic heterocycles. The maximum absolute atomic E-state index is 12.8. The van der Waals surface area contributed by atoms with Gasteiger partial charge in [-0.15, -0.1) is 0 Å². The van der Waals surface area contributed by atoms with E-state index in [4.69, 9.17) is 28.8 Å². The molecule has 0 unspecified atom stereocenters. The minimum Gasteiger partial charge on any atom is -0.493 e. The fraction of sp³-hybridized carbons (Fsp3) is 0.292. The summed E-state index contributed by atoms with van der Waals surface area (Å²) in [5, 5.41) is 20.7. The summed E-state index contributed by atoms with van der Waals surface area (Å²) in [5.74, 6) is -0.697. The number of hydrogen-bond acceptors (Lipinski definition) is 9. The van der Waals surface area contributed by atoms with Crippen LogP contribution in [0.4, 0.5) is 0 Å². The van der Waals surface area contributed by atoms with Crippen LogP contribution in [0.2, 0.25) is 0 Å². The summed E-state index contributed by atoms with van der Waals surface area (Å²) in [6.45, 7) is 0.745. The molecule has 3 rings (SSSR count). The molecule has 2 aromatic rings. The second-order valence-electron chi connectivity index (χ2n) is 7.47. The maximum atomic E-state index is 12.8. The number of hydrogen-bond donors (Lipinski definition) is 3. The van der Waals surface area contributed by atoms with Crippen molar-refractivity contribution in [3.8, 4) is 28.7 Å². The number of benzene rings is 2. The number of carbonyl (C=O) groups excluding carboxylic acids is 2. The van der Waals surface area contributed by atoms with Gasteiger partial charge in [-0.3, -0.25) is 9.59 Å². The molecule has 0 saturated heterocycles. The van der Waals surface area contributed by atoms with Crippen LogP contribution in [0.15, 0.2) is 36.1 Å². The lowest BCUT2D eigenvalue weighted by molar-refractivity contribution is -0.145. The van der Waals surface area contributed by atoms with Crippen molar-refractivity contribution in [2.45, 2.75) is 19.1 Å². The first-order valence-corrected chi connectivity index (χ1v) is 10.4. The van der Waals surface area contributed by atoms with Crippen molar-refractivity contribution in [1.29, 1.82) is 0 Å². The van der Waals surface area contributed by atoms with Crippen LogP contribution in [0.25, 0.3) is 6.08 Å². The van der Waals surface area contributed by atoms with Crippen LogP contribution in [0.1, 0.15) is 22.8 Å². The van der Waals surface area contributed by atoms with E-state index in [1.54, 1.807) is 12.1 Å². The molecule has 11 heteroatoms. The molecule has 0 aliphatic carbocycles. The summed E-state index contributed by atoms with van der Waals surface area (Å²) in [7, 11) is 4.45. The fourth-order valence-corrected chi connectivity index (χ4v) is 3.35. The number of Topliss-reactive ketones (excluding diaryl/α,β-unsaturated/α-hetero) is 1. The van der Waals surface area contributed by atoms with E-state index in [-0.39, 0.29) is 23.0 Å². The van der Waals surface area contributed by atoms with Crippen LogP contribution in [0, 0.1) is 0 Å². The van der Waals surface area contributed by atoms with Gasteiger partial charge in [-0.25, -0.2) is 4.79 Å². The highest BCUT2D eigenvalue weighted by atomic mass is 16.5. The fourth-order valence-electron chi connectivity index (χ4n) is 3.35. The average molecular weight is 487 g/mol. The maximum Gasteiger partial charge on any atom is 0.328 e. The summed E-state index contributed by atoms with van der Waals surface area (Å²) in [5.41, 5.74) is 0.885. The lowest BCUT2D eigenvalue weighted by atomic mass is 10.1. The topological polar surface area (TPSA) is 150 Å². The zero-order valence-electron chi connectivity index (χ0n) is 19.5. The number of carbonyl (C=O) groups is 3. The Morgan fingerprint density at radius 3 is 2.29 bits per heavy atom. The lowest BCUT2D eigenvalue weighted by Crippen LogP contribution is -2.49. The van der Waals surface area contributed by atoms with Crippen molar-refractivity contribution in [2.24, 2.45) is 0 Å². The molecule has 1 aliphatic rings. The summed E-state index contributed by atoms with van der Waals surface area (Å²) in [6, 6.07) is 6.29. The third kappa shape index (κ3) is 5.64. The molecule has 2 aromatic carbocycles. The Balaban J connectivity index is 1.74. The molecular weight excluding hydrogens is 462 g/mol. The molecule has 2 atom stereocenters. The molecule has 35 heavy (non-hydrogen) atoms. The summed E-state index contributed by atoms with van der Waals surface area (Å²) in [6.07, 6.45) is 0.245. The minimum absolute atomic E-state index is 0.0606. The Kier molecular flexibility index (Phi) is 7.82. The Labute approximate surface area is 200 Å². The normalized spacial score (nSPS) is 15.0. The quantitative estimate of drug-likeness (QED) is 0.422. The number of ketones is 1. The van der Waals surface area contributed by atoms with Gasteiger partial charge in [0.2, 0.25) is 11.5 Å². The van der Waals surface area contributed by atoms with Crippen LogP contribution < -0.4 is 29.0 Å². The minimum atomic E-state index is -1.46. The highest BCUT2D eigenvalue weighted by Gasteiger charge is 2.29. The number of aliphatic hydroxyl groups is 1. The largest absolute Gasteiger partial charge is 0.493 e. The van der Waals surface area contributed by atoms with E-state index < -0.39 is 30.6 Å². The predicted molar refractivity (Wildman–Crippen MR) is 122 cm³/mol. The number of fused-ring (bicyclic) bond motifs is 1. The van der Waals surface area contributed by atoms with Crippen molar-refractivity contribution >= 4 is 23.7 Å². The molecule has 0 radical (unpaired) electrons. The van der Waals surface area contributed by atoms with Crippen LogP contribution in [0.3, 0.4) is 0 Å². The molecule has 1 aliphatic heterocycles. The number of nitrogens with one attached hydrogen (secondary N) is 1. The van der Waals surface area contributed by atoms with Crippen molar-refractivity contribution < 1.29 is 48.3 Å². The Bertz CT molecular complexity index is 1150. The second kappa shape index (κ2) is 10.8. The number of carboxylic acids is 1. The number of ether oxygens (including phenoxy) is 5. The number of rotatable bonds is 10. The van der Waals surface area contributed by atoms with E-state index in [9.17, 15) is 19.5 Å². The van der Waals surface area contributed by atoms with Gasteiger partial charge in [-0.1, -0.05) is 0 Å². The third-order valence-corrected chi connectivity index (χ3v) is 5.06. The highest BCUT2D eigenvalue weighted by Crippen LogP contribution is 2.40. The van der Waals surface area contributed by atoms with Gasteiger partial charge >= 0.3 is 5.97 Å². The number of amides is 1. The van der Waals surface area contributed by atoms with Crippen LogP contribution in [0.5, 0.6) is 28.7 Å². The van der Waals surface area contributed by atoms with E-state index in [0.717, 1.165) is 0 Å². The van der Waals surface area contributed by atoms with Crippen molar-refractivity contribution in [3.05, 3.63) is 47.2 Å². The Hall–Kier alpha value is -4.25. The first kappa shape index (κ1) is 25.4. The van der Waals surface area contributed by atoms with Gasteiger partial charge in [-0.2, -0.15) is 0 Å². The van der Waals surface area contributed by atoms with E-state index in [1.165, 1.54) is 52.5 Å². The predicted octanol–water partition coefficient (Wildman–Crippen LogP) is 1.66. The summed E-state index contributed by atoms with van der Waals surface area (Å²) in [4.78, 5) is 35.9. The molecule has 0 fully saturated rings. The number of aliphatic hydroxyl groups excluding tert-OH is 1. The standard InChI is InChI=1S/C24H25NO10/c1-12(26)21(24(29)30)25-20(27)11-34-14-5-6-15-16(10-14)35-17(22(15)28)7-13-8-18(31-2)23(33-4)19(9-13)32-3/h5-10,12,21,26H,11H2,1-4H3,(H,25,27)(H,29,30)/b17-7+/t12-,21-/m0/s1. The van der Waals surface area contributed by atoms with Crippen LogP contribution >= 0.6 is 0 Å². The summed E-state index contributed by atoms with van der Waals surface area (Å²) < 4.78 is 27.1. The molecule has 0 bridgehead atoms. The molecule has 186 valence electrons. The van der Waals surface area contributed by atoms with Crippen molar-refractivity contribution in [2.75, 3.05) is 27.9 Å². The zero-order valence-corrected chi connectivity index (χ0v) is 19.5. The number of aliphatic carboxylic acids is 1. The van der Waals surface area contributed by atoms with Gasteiger partial charge in [0, 0.05) is 6.07 Å². The Morgan fingerprint density at radius 1 is 1.09 bits per heavy atom. The van der Waals surface area contributed by atoms with Crippen LogP contribution in [-0.2, 0) is 9.59 Å². The smallest absolute Gasteiger partial charge is 0.328 e. The SMILES string of the molecule is COc1cc(/C=C2/Oc3cc(OCC(=O)N[C@H](C(=O)O)[C@H](C)O)ccc3C2=O)cc(OC)c1OC. The van der Waals surface area contributed by atoms with Gasteiger partial charge < -0.3 is 39.2 Å². The Morgan fingerprint density at radius 2 is 1.74 bits per heavy atom. The highest BCUT2D eigenvalue weighted by molar-refractivity contribution is 6.14. The number of allylic oxidation sites excluding steroid dienone is 1. The van der Waals surface area contributed by atoms with Gasteiger partial charge in [-0.05, 0) is 42.8 Å². The molecule has 0 spiro atoms. The summed E-state index contributed by atoms with van der Waals surface area (Å²) >= 11 is 0. The van der Waals surface area contributed by atoms with Crippen molar-refractivity contribution in [3.63, 3.8) is 0 Å². The molecule has 1 heterocycles. The molecule has 1 amide bonds. The first-order valence-electron chi connectivity index (χ1n) is 10.4. The molecule has 11 nitrogen and oxygen atoms in total. The monoisotopic (exact) mass is 487 g/mol. The van der Waals surface area contributed by atoms with E-state index in [0.29, 0.717) is 28.4 Å². The van der Waals surface area contributed by atoms with Crippen molar-refractivity contribution in [1.82, 2.24) is 5.32 Å². The first-order chi connectivity index (χ1) is 16.7. The second-order valence-corrected chi connectivity index (χ2v) is 7.47. The molecule has 3 N–H and O–H groups in total. The van der Waals surface area contributed by atoms with Gasteiger partial charge in [0.15, 0.2) is 29.9 Å². The average Bonchev–Trinajstić information content (AvgIpc) is 3.14. The van der Waals surface area contributed by atoms with E-state index in [1.807, 2.05) is 0 Å². The van der Waals surface area contributed by atoms with E-state index in [2.05, 4.69) is 5.32 Å². The third-order valence-electron chi connectivity index (χ3n) is 5.06. The molecular formula is C24H25NO10. The molecule has 0 saturated carbocycles. The van der Waals surface area contributed by atoms with Gasteiger partial charge in [0.1, 0.15) is 11.5 Å².